The molecule has 1 aromatic rings. The van der Waals surface area contributed by atoms with Gasteiger partial charge in [-0.05, 0) is 24.3 Å². The van der Waals surface area contributed by atoms with Gasteiger partial charge in [-0.2, -0.15) is 0 Å². The van der Waals surface area contributed by atoms with Crippen LogP contribution in [0.5, 0.6) is 0 Å². The van der Waals surface area contributed by atoms with Gasteiger partial charge in [0.05, 0.1) is 0 Å². The van der Waals surface area contributed by atoms with Crippen molar-refractivity contribution in [1.29, 1.82) is 0 Å². The number of rotatable bonds is 6. The van der Waals surface area contributed by atoms with Crippen LogP contribution in [0.25, 0.3) is 0 Å². The molecule has 20 heavy (non-hydrogen) atoms. The van der Waals surface area contributed by atoms with Crippen molar-refractivity contribution in [2.75, 3.05) is 13.2 Å². The second kappa shape index (κ2) is 5.80. The molecule has 0 radical (unpaired) electrons. The molecule has 1 aliphatic carbocycles. The highest BCUT2D eigenvalue weighted by Gasteiger charge is 2.35. The summed E-state index contributed by atoms with van der Waals surface area (Å²) < 4.78 is 26.8. The van der Waals surface area contributed by atoms with E-state index in [9.17, 15) is 18.3 Å². The van der Waals surface area contributed by atoms with Crippen LogP contribution in [0, 0.1) is 5.41 Å². The number of carboxylic acids is 1. The van der Waals surface area contributed by atoms with Crippen LogP contribution in [0.15, 0.2) is 16.3 Å². The number of carbonyl (C=O) groups is 1. The number of hydrogen-bond donors (Lipinski definition) is 3. The molecule has 1 aromatic heterocycles. The minimum Gasteiger partial charge on any atom is -0.477 e. The van der Waals surface area contributed by atoms with E-state index in [0.29, 0.717) is 0 Å². The van der Waals surface area contributed by atoms with Crippen LogP contribution in [0.1, 0.15) is 35.4 Å². The molecular weight excluding hydrogens is 302 g/mol. The lowest BCUT2D eigenvalue weighted by atomic mass is 9.88. The summed E-state index contributed by atoms with van der Waals surface area (Å²) in [5.74, 6) is -1.25. The molecule has 112 valence electrons. The number of sulfonamides is 1. The van der Waals surface area contributed by atoms with Gasteiger partial charge in [-0.1, -0.05) is 12.8 Å². The molecule has 6 nitrogen and oxygen atoms in total. The van der Waals surface area contributed by atoms with Crippen molar-refractivity contribution in [3.05, 3.63) is 16.3 Å². The highest BCUT2D eigenvalue weighted by atomic mass is 32.2. The molecule has 0 spiro atoms. The topological polar surface area (TPSA) is 104 Å². The van der Waals surface area contributed by atoms with Crippen molar-refractivity contribution in [1.82, 2.24) is 4.72 Å². The zero-order valence-corrected chi connectivity index (χ0v) is 12.5. The molecule has 8 heteroatoms. The fourth-order valence-electron chi connectivity index (χ4n) is 2.51. The van der Waals surface area contributed by atoms with E-state index in [1.54, 1.807) is 0 Å². The van der Waals surface area contributed by atoms with Gasteiger partial charge in [-0.15, -0.1) is 11.3 Å². The summed E-state index contributed by atoms with van der Waals surface area (Å²) in [6, 6.07) is 1.29. The van der Waals surface area contributed by atoms with Gasteiger partial charge >= 0.3 is 5.97 Å². The quantitative estimate of drug-likeness (QED) is 0.733. The molecule has 0 aliphatic heterocycles. The Labute approximate surface area is 121 Å². The normalized spacial score (nSPS) is 18.2. The van der Waals surface area contributed by atoms with Crippen LogP contribution < -0.4 is 4.72 Å². The number of thiophene rings is 1. The summed E-state index contributed by atoms with van der Waals surface area (Å²) in [7, 11) is -3.86. The maximum Gasteiger partial charge on any atom is 0.347 e. The lowest BCUT2D eigenvalue weighted by Crippen LogP contribution is -2.38. The number of aliphatic hydroxyl groups is 1. The number of carboxylic acid groups (broad SMARTS) is 1. The Balaban J connectivity index is 2.15. The SMILES string of the molecule is O=C(O)c1sccc1S(=O)(=O)NCC1(CO)CCCC1. The molecule has 1 heterocycles. The van der Waals surface area contributed by atoms with Crippen molar-refractivity contribution in [3.63, 3.8) is 0 Å². The van der Waals surface area contributed by atoms with Crippen molar-refractivity contribution in [2.45, 2.75) is 30.6 Å². The first-order valence-electron chi connectivity index (χ1n) is 6.32. The lowest BCUT2D eigenvalue weighted by molar-refractivity contribution is 0.0698. The van der Waals surface area contributed by atoms with E-state index in [4.69, 9.17) is 5.11 Å². The van der Waals surface area contributed by atoms with Crippen molar-refractivity contribution < 1.29 is 23.4 Å². The molecule has 3 N–H and O–H groups in total. The summed E-state index contributed by atoms with van der Waals surface area (Å²) in [5, 5.41) is 19.9. The Morgan fingerprint density at radius 1 is 1.40 bits per heavy atom. The molecule has 1 fully saturated rings. The van der Waals surface area contributed by atoms with Crippen LogP contribution in [0.2, 0.25) is 0 Å². The van der Waals surface area contributed by atoms with E-state index in [2.05, 4.69) is 4.72 Å². The summed E-state index contributed by atoms with van der Waals surface area (Å²) in [5.41, 5.74) is -0.410. The van der Waals surface area contributed by atoms with Crippen molar-refractivity contribution in [3.8, 4) is 0 Å². The zero-order valence-electron chi connectivity index (χ0n) is 10.8. The van der Waals surface area contributed by atoms with Crippen molar-refractivity contribution >= 4 is 27.3 Å². The van der Waals surface area contributed by atoms with Gasteiger partial charge in [-0.25, -0.2) is 17.9 Å². The largest absolute Gasteiger partial charge is 0.477 e. The van der Waals surface area contributed by atoms with Crippen LogP contribution in [0.4, 0.5) is 0 Å². The fraction of sp³-hybridized carbons (Fsp3) is 0.583. The smallest absolute Gasteiger partial charge is 0.347 e. The molecule has 0 atom stereocenters. The standard InChI is InChI=1S/C12H17NO5S2/c14-8-12(4-1-2-5-12)7-13-20(17,18)9-3-6-19-10(9)11(15)16/h3,6,13-14H,1-2,4-5,7-8H2,(H,15,16). The van der Waals surface area contributed by atoms with Gasteiger partial charge in [0.15, 0.2) is 0 Å². The van der Waals surface area contributed by atoms with Gasteiger partial charge in [0.1, 0.15) is 9.77 Å². The van der Waals surface area contributed by atoms with Gasteiger partial charge in [-0.3, -0.25) is 0 Å². The van der Waals surface area contributed by atoms with Crippen LogP contribution >= 0.6 is 11.3 Å². The van der Waals surface area contributed by atoms with Gasteiger partial charge in [0.2, 0.25) is 10.0 Å². The Kier molecular flexibility index (Phi) is 4.48. The second-order valence-corrected chi connectivity index (χ2v) is 7.76. The monoisotopic (exact) mass is 319 g/mol. The molecular formula is C12H17NO5S2. The number of aliphatic hydroxyl groups excluding tert-OH is 1. The third-order valence-electron chi connectivity index (χ3n) is 3.75. The van der Waals surface area contributed by atoms with Crippen LogP contribution in [-0.4, -0.2) is 37.8 Å². The van der Waals surface area contributed by atoms with Crippen LogP contribution in [-0.2, 0) is 10.0 Å². The highest BCUT2D eigenvalue weighted by Crippen LogP contribution is 2.37. The maximum absolute atomic E-state index is 12.2. The van der Waals surface area contributed by atoms with Crippen LogP contribution in [0.3, 0.4) is 0 Å². The molecule has 2 rings (SSSR count). The average molecular weight is 319 g/mol. The number of nitrogens with one attached hydrogen (secondary N) is 1. The lowest BCUT2D eigenvalue weighted by Gasteiger charge is -2.26. The van der Waals surface area contributed by atoms with E-state index >= 15 is 0 Å². The third kappa shape index (κ3) is 3.03. The van der Waals surface area contributed by atoms with Crippen molar-refractivity contribution in [2.24, 2.45) is 5.41 Å². The number of aromatic carboxylic acids is 1. The molecule has 0 saturated heterocycles. The zero-order chi connectivity index (χ0) is 14.8. The minimum absolute atomic E-state index is 0.0645. The Morgan fingerprint density at radius 2 is 2.05 bits per heavy atom. The van der Waals surface area contributed by atoms with E-state index in [-0.39, 0.29) is 22.9 Å². The molecule has 0 aromatic carbocycles. The van der Waals surface area contributed by atoms with E-state index < -0.39 is 21.4 Å². The molecule has 0 bridgehead atoms. The summed E-state index contributed by atoms with van der Waals surface area (Å²) in [4.78, 5) is 10.6. The molecule has 1 aliphatic rings. The van der Waals surface area contributed by atoms with E-state index in [1.807, 2.05) is 0 Å². The molecule has 1 saturated carbocycles. The number of hydrogen-bond acceptors (Lipinski definition) is 5. The molecule has 0 amide bonds. The maximum atomic E-state index is 12.2. The first-order chi connectivity index (χ1) is 9.40. The Bertz CT molecular complexity index is 587. The average Bonchev–Trinajstić information content (AvgIpc) is 3.06. The minimum atomic E-state index is -3.86. The molecule has 0 unspecified atom stereocenters. The fourth-order valence-corrected chi connectivity index (χ4v) is 4.92. The summed E-state index contributed by atoms with van der Waals surface area (Å²) >= 11 is 0.879. The highest BCUT2D eigenvalue weighted by molar-refractivity contribution is 7.89. The van der Waals surface area contributed by atoms with Gasteiger partial charge in [0.25, 0.3) is 0 Å². The predicted octanol–water partition coefficient (Wildman–Crippen LogP) is 1.28. The van der Waals surface area contributed by atoms with E-state index in [1.165, 1.54) is 11.4 Å². The van der Waals surface area contributed by atoms with Gasteiger partial charge in [0, 0.05) is 18.6 Å². The third-order valence-corrected chi connectivity index (χ3v) is 6.22. The summed E-state index contributed by atoms with van der Waals surface area (Å²) in [6.45, 7) is 0.0751. The van der Waals surface area contributed by atoms with E-state index in [0.717, 1.165) is 37.0 Å². The first kappa shape index (κ1) is 15.4. The predicted molar refractivity (Wildman–Crippen MR) is 74.5 cm³/mol. The summed E-state index contributed by atoms with van der Waals surface area (Å²) in [6.07, 6.45) is 3.51. The van der Waals surface area contributed by atoms with Gasteiger partial charge < -0.3 is 10.2 Å². The second-order valence-electron chi connectivity index (χ2n) is 5.11. The Hall–Kier alpha value is -0.960. The Morgan fingerprint density at radius 3 is 2.60 bits per heavy atom. The first-order valence-corrected chi connectivity index (χ1v) is 8.68.